The summed E-state index contributed by atoms with van der Waals surface area (Å²) in [5.74, 6) is -0.449. The van der Waals surface area contributed by atoms with Crippen LogP contribution < -0.4 is 0 Å². The second-order valence-electron chi connectivity index (χ2n) is 2.30. The maximum absolute atomic E-state index is 10.1. The van der Waals surface area contributed by atoms with Crippen LogP contribution in [0.2, 0.25) is 0 Å². The van der Waals surface area contributed by atoms with E-state index in [1.165, 1.54) is 6.08 Å². The molecule has 66 valence electrons. The highest BCUT2D eigenvalue weighted by Gasteiger charge is 2.08. The molecular weight excluding hydrogens is 160 g/mol. The lowest BCUT2D eigenvalue weighted by Gasteiger charge is -2.19. The average Bonchev–Trinajstić information content (AvgIpc) is 2.01. The molecule has 4 heteroatoms. The normalized spacial score (nSPS) is 23.4. The zero-order chi connectivity index (χ0) is 8.97. The van der Waals surface area contributed by atoms with Gasteiger partial charge in [0.1, 0.15) is 5.76 Å². The molecule has 0 radical (unpaired) electrons. The molecule has 0 unspecified atom stereocenters. The minimum Gasteiger partial charge on any atom is -0.478 e. The van der Waals surface area contributed by atoms with Crippen LogP contribution in [0.3, 0.4) is 0 Å². The van der Waals surface area contributed by atoms with Crippen LogP contribution in [0.1, 0.15) is 6.92 Å². The van der Waals surface area contributed by atoms with Crippen molar-refractivity contribution in [3.8, 4) is 0 Å². The van der Waals surface area contributed by atoms with Crippen LogP contribution in [0.5, 0.6) is 0 Å². The van der Waals surface area contributed by atoms with Crippen LogP contribution in [-0.2, 0) is 14.3 Å². The first-order chi connectivity index (χ1) is 5.68. The Balaban J connectivity index is 2.52. The topological polar surface area (TPSA) is 55.8 Å². The summed E-state index contributed by atoms with van der Waals surface area (Å²) in [5, 5.41) is 8.31. The molecule has 0 aromatic heterocycles. The van der Waals surface area contributed by atoms with E-state index in [1.807, 2.05) is 0 Å². The van der Waals surface area contributed by atoms with E-state index in [0.717, 1.165) is 6.08 Å². The van der Waals surface area contributed by atoms with Crippen molar-refractivity contribution < 1.29 is 19.4 Å². The quantitative estimate of drug-likeness (QED) is 0.625. The smallest absolute Gasteiger partial charge is 0.328 e. The number of allylic oxidation sites excluding steroid dienone is 1. The van der Waals surface area contributed by atoms with Gasteiger partial charge in [-0.25, -0.2) is 4.79 Å². The van der Waals surface area contributed by atoms with Gasteiger partial charge >= 0.3 is 5.97 Å². The highest BCUT2D eigenvalue weighted by Crippen LogP contribution is 2.10. The Bertz CT molecular complexity index is 229. The van der Waals surface area contributed by atoms with Crippen molar-refractivity contribution >= 4 is 5.97 Å². The Kier molecular flexibility index (Phi) is 2.88. The first-order valence-corrected chi connectivity index (χ1v) is 3.58. The van der Waals surface area contributed by atoms with Gasteiger partial charge in [-0.05, 0) is 19.1 Å². The Morgan fingerprint density at radius 2 is 2.58 bits per heavy atom. The van der Waals surface area contributed by atoms with Gasteiger partial charge in [0.05, 0.1) is 6.61 Å². The molecular formula is C8H10O4. The molecule has 12 heavy (non-hydrogen) atoms. The fraction of sp³-hybridized carbons (Fsp3) is 0.375. The molecule has 0 saturated heterocycles. The van der Waals surface area contributed by atoms with Gasteiger partial charge in [0.25, 0.3) is 0 Å². The summed E-state index contributed by atoms with van der Waals surface area (Å²) in [6, 6.07) is 0. The predicted octanol–water partition coefficient (Wildman–Crippen LogP) is 0.904. The molecule has 1 rings (SSSR count). The molecule has 0 saturated carbocycles. The molecule has 0 aromatic carbocycles. The van der Waals surface area contributed by atoms with E-state index in [9.17, 15) is 4.79 Å². The fourth-order valence-electron chi connectivity index (χ4n) is 0.800. The first kappa shape index (κ1) is 8.80. The molecule has 4 nitrogen and oxygen atoms in total. The maximum atomic E-state index is 10.1. The molecule has 0 aliphatic carbocycles. The standard InChI is InChI=1S/C8H10O4/c1-6-11-5-4-7(12-6)2-3-8(9)10/h2-4,6H,5H2,1H3,(H,9,10)/b3-2+/t6-/m1/s1. The number of carboxylic acids is 1. The number of rotatable bonds is 2. The summed E-state index contributed by atoms with van der Waals surface area (Å²) < 4.78 is 10.2. The van der Waals surface area contributed by atoms with Gasteiger partial charge < -0.3 is 14.6 Å². The van der Waals surface area contributed by atoms with Gasteiger partial charge in [0.2, 0.25) is 0 Å². The lowest BCUT2D eigenvalue weighted by atomic mass is 10.3. The number of carbonyl (C=O) groups is 1. The van der Waals surface area contributed by atoms with Gasteiger partial charge in [-0.3, -0.25) is 0 Å². The Morgan fingerprint density at radius 3 is 3.17 bits per heavy atom. The van der Waals surface area contributed by atoms with Crippen LogP contribution >= 0.6 is 0 Å². The van der Waals surface area contributed by atoms with E-state index < -0.39 is 5.97 Å². The number of aliphatic carboxylic acids is 1. The SMILES string of the molecule is C[C@@H]1OCC=C(/C=C/C(=O)O)O1. The molecule has 0 aromatic rings. The van der Waals surface area contributed by atoms with Crippen molar-refractivity contribution in [1.29, 1.82) is 0 Å². The monoisotopic (exact) mass is 170 g/mol. The van der Waals surface area contributed by atoms with Crippen LogP contribution in [0, 0.1) is 0 Å². The largest absolute Gasteiger partial charge is 0.478 e. The van der Waals surface area contributed by atoms with E-state index in [2.05, 4.69) is 0 Å². The van der Waals surface area contributed by atoms with Crippen LogP contribution in [0.4, 0.5) is 0 Å². The summed E-state index contributed by atoms with van der Waals surface area (Å²) in [7, 11) is 0. The summed E-state index contributed by atoms with van der Waals surface area (Å²) in [6.45, 7) is 2.21. The van der Waals surface area contributed by atoms with Crippen molar-refractivity contribution in [1.82, 2.24) is 0 Å². The maximum Gasteiger partial charge on any atom is 0.328 e. The van der Waals surface area contributed by atoms with E-state index in [-0.39, 0.29) is 6.29 Å². The van der Waals surface area contributed by atoms with Crippen LogP contribution in [0.15, 0.2) is 24.0 Å². The van der Waals surface area contributed by atoms with Crippen molar-refractivity contribution in [2.45, 2.75) is 13.2 Å². The van der Waals surface area contributed by atoms with Crippen molar-refractivity contribution in [2.24, 2.45) is 0 Å². The predicted molar refractivity (Wildman–Crippen MR) is 41.4 cm³/mol. The number of carboxylic acid groups (broad SMARTS) is 1. The van der Waals surface area contributed by atoms with Crippen molar-refractivity contribution in [3.63, 3.8) is 0 Å². The van der Waals surface area contributed by atoms with Crippen LogP contribution in [0.25, 0.3) is 0 Å². The minimum atomic E-state index is -0.987. The highest BCUT2D eigenvalue weighted by molar-refractivity contribution is 5.80. The molecule has 1 aliphatic rings. The lowest BCUT2D eigenvalue weighted by Crippen LogP contribution is -2.17. The summed E-state index contributed by atoms with van der Waals surface area (Å²) in [5.41, 5.74) is 0. The second-order valence-corrected chi connectivity index (χ2v) is 2.30. The zero-order valence-electron chi connectivity index (χ0n) is 6.69. The summed E-state index contributed by atoms with van der Waals surface area (Å²) in [6.07, 6.45) is 3.81. The highest BCUT2D eigenvalue weighted by atomic mass is 16.7. The van der Waals surface area contributed by atoms with Gasteiger partial charge in [-0.2, -0.15) is 0 Å². The average molecular weight is 170 g/mol. The van der Waals surface area contributed by atoms with Gasteiger partial charge in [0, 0.05) is 6.08 Å². The molecule has 1 aliphatic heterocycles. The third-order valence-electron chi connectivity index (χ3n) is 1.31. The third-order valence-corrected chi connectivity index (χ3v) is 1.31. The summed E-state index contributed by atoms with van der Waals surface area (Å²) >= 11 is 0. The Labute approximate surface area is 70.1 Å². The van der Waals surface area contributed by atoms with Crippen LogP contribution in [-0.4, -0.2) is 24.0 Å². The minimum absolute atomic E-state index is 0.302. The zero-order valence-corrected chi connectivity index (χ0v) is 6.69. The molecule has 1 atom stereocenters. The lowest BCUT2D eigenvalue weighted by molar-refractivity contribution is -0.131. The second kappa shape index (κ2) is 3.92. The number of hydrogen-bond acceptors (Lipinski definition) is 3. The third kappa shape index (κ3) is 2.75. The number of hydrogen-bond donors (Lipinski definition) is 1. The molecule has 1 N–H and O–H groups in total. The summed E-state index contributed by atoms with van der Waals surface area (Å²) in [4.78, 5) is 10.1. The Morgan fingerprint density at radius 1 is 1.83 bits per heavy atom. The van der Waals surface area contributed by atoms with E-state index >= 15 is 0 Å². The van der Waals surface area contributed by atoms with E-state index in [4.69, 9.17) is 14.6 Å². The van der Waals surface area contributed by atoms with Crippen molar-refractivity contribution in [2.75, 3.05) is 6.61 Å². The molecule has 0 fully saturated rings. The molecule has 0 spiro atoms. The van der Waals surface area contributed by atoms with E-state index in [0.29, 0.717) is 12.4 Å². The first-order valence-electron chi connectivity index (χ1n) is 3.58. The van der Waals surface area contributed by atoms with Gasteiger partial charge in [-0.1, -0.05) is 0 Å². The van der Waals surface area contributed by atoms with E-state index in [1.54, 1.807) is 13.0 Å². The molecule has 0 amide bonds. The molecule has 1 heterocycles. The fourth-order valence-corrected chi connectivity index (χ4v) is 0.800. The van der Waals surface area contributed by atoms with Crippen molar-refractivity contribution in [3.05, 3.63) is 24.0 Å². The molecule has 0 bridgehead atoms. The Hall–Kier alpha value is -1.29. The van der Waals surface area contributed by atoms with Gasteiger partial charge in [-0.15, -0.1) is 0 Å². The number of ether oxygens (including phenoxy) is 2. The van der Waals surface area contributed by atoms with Gasteiger partial charge in [0.15, 0.2) is 6.29 Å².